The number of nitrogens with two attached hydrogens (primary N) is 1. The third-order valence-electron chi connectivity index (χ3n) is 2.27. The fourth-order valence-corrected chi connectivity index (χ4v) is 1.04. The first-order valence-electron chi connectivity index (χ1n) is 4.89. The van der Waals surface area contributed by atoms with Crippen LogP contribution in [0.3, 0.4) is 0 Å². The normalized spacial score (nSPS) is 11.1. The predicted molar refractivity (Wildman–Crippen MR) is 60.4 cm³/mol. The molecule has 3 N–H and O–H groups in total. The predicted octanol–water partition coefficient (Wildman–Crippen LogP) is 1.31. The second-order valence-electron chi connectivity index (χ2n) is 4.27. The minimum absolute atomic E-state index is 0.317. The summed E-state index contributed by atoms with van der Waals surface area (Å²) >= 11 is 0. The molecule has 0 aliphatic heterocycles. The Morgan fingerprint density at radius 2 is 2.20 bits per heavy atom. The molecule has 0 aromatic carbocycles. The Morgan fingerprint density at radius 1 is 1.53 bits per heavy atom. The molecule has 0 aliphatic rings. The fourth-order valence-electron chi connectivity index (χ4n) is 1.04. The lowest BCUT2D eigenvalue weighted by molar-refractivity contribution is -0.125. The van der Waals surface area contributed by atoms with E-state index in [4.69, 9.17) is 5.73 Å². The van der Waals surface area contributed by atoms with E-state index in [-0.39, 0.29) is 5.91 Å². The molecule has 0 fully saturated rings. The second kappa shape index (κ2) is 4.29. The van der Waals surface area contributed by atoms with E-state index < -0.39 is 5.41 Å². The van der Waals surface area contributed by atoms with Gasteiger partial charge in [0.1, 0.15) is 5.82 Å². The number of hydrogen-bond donors (Lipinski definition) is 2. The van der Waals surface area contributed by atoms with E-state index in [2.05, 4.69) is 10.3 Å². The van der Waals surface area contributed by atoms with Crippen molar-refractivity contribution in [2.45, 2.75) is 20.8 Å². The van der Waals surface area contributed by atoms with Crippen LogP contribution >= 0.6 is 0 Å². The topological polar surface area (TPSA) is 68.0 Å². The van der Waals surface area contributed by atoms with Gasteiger partial charge in [-0.3, -0.25) is 4.79 Å². The summed E-state index contributed by atoms with van der Waals surface area (Å²) in [5, 5.41) is 3.10. The van der Waals surface area contributed by atoms with Crippen LogP contribution in [0.4, 0.5) is 5.82 Å². The van der Waals surface area contributed by atoms with Crippen molar-refractivity contribution in [3.05, 3.63) is 23.9 Å². The summed E-state index contributed by atoms with van der Waals surface area (Å²) in [6.45, 7) is 6.01. The molecule has 15 heavy (non-hydrogen) atoms. The smallest absolute Gasteiger partial charge is 0.224 e. The molecule has 0 saturated heterocycles. The average Bonchev–Trinajstić information content (AvgIpc) is 2.15. The molecule has 0 bridgehead atoms. The number of nitrogens with zero attached hydrogens (tertiary/aromatic N) is 1. The number of primary amides is 1. The zero-order valence-electron chi connectivity index (χ0n) is 9.37. The van der Waals surface area contributed by atoms with Crippen LogP contribution in [0.1, 0.15) is 19.5 Å². The van der Waals surface area contributed by atoms with E-state index >= 15 is 0 Å². The Bertz CT molecular complexity index is 361. The quantitative estimate of drug-likeness (QED) is 0.782. The van der Waals surface area contributed by atoms with Crippen LogP contribution in [-0.4, -0.2) is 17.4 Å². The molecule has 0 spiro atoms. The molecule has 0 atom stereocenters. The van der Waals surface area contributed by atoms with Crippen molar-refractivity contribution in [1.82, 2.24) is 4.98 Å². The van der Waals surface area contributed by atoms with Crippen molar-refractivity contribution in [1.29, 1.82) is 0 Å². The number of nitrogens with one attached hydrogen (secondary N) is 1. The summed E-state index contributed by atoms with van der Waals surface area (Å²) in [6, 6.07) is 5.70. The summed E-state index contributed by atoms with van der Waals surface area (Å²) in [5.74, 6) is 0.451. The fraction of sp³-hybridized carbons (Fsp3) is 0.455. The first kappa shape index (κ1) is 11.5. The van der Waals surface area contributed by atoms with Crippen molar-refractivity contribution in [2.75, 3.05) is 11.9 Å². The van der Waals surface area contributed by atoms with Crippen LogP contribution in [0.25, 0.3) is 0 Å². The van der Waals surface area contributed by atoms with Crippen molar-refractivity contribution >= 4 is 11.7 Å². The largest absolute Gasteiger partial charge is 0.369 e. The molecule has 0 unspecified atom stereocenters. The standard InChI is InChI=1S/C11H17N3O/c1-8-5-4-6-9(14-8)13-7-11(2,3)10(12)15/h4-6H,7H2,1-3H3,(H2,12,15)(H,13,14). The van der Waals surface area contributed by atoms with Crippen molar-refractivity contribution in [2.24, 2.45) is 11.1 Å². The maximum absolute atomic E-state index is 11.1. The third-order valence-corrected chi connectivity index (χ3v) is 2.27. The van der Waals surface area contributed by atoms with Crippen LogP contribution in [0.5, 0.6) is 0 Å². The number of pyridine rings is 1. The third kappa shape index (κ3) is 3.23. The Balaban J connectivity index is 2.61. The van der Waals surface area contributed by atoms with E-state index in [0.717, 1.165) is 11.5 Å². The highest BCUT2D eigenvalue weighted by Gasteiger charge is 2.24. The molecule has 0 radical (unpaired) electrons. The summed E-state index contributed by atoms with van der Waals surface area (Å²) in [7, 11) is 0. The van der Waals surface area contributed by atoms with E-state index in [0.29, 0.717) is 6.54 Å². The number of aromatic nitrogens is 1. The van der Waals surface area contributed by atoms with Gasteiger partial charge in [0, 0.05) is 12.2 Å². The van der Waals surface area contributed by atoms with E-state index in [1.165, 1.54) is 0 Å². The number of carbonyl (C=O) groups excluding carboxylic acids is 1. The van der Waals surface area contributed by atoms with Crippen molar-refractivity contribution < 1.29 is 4.79 Å². The summed E-state index contributed by atoms with van der Waals surface area (Å²) in [6.07, 6.45) is 0. The van der Waals surface area contributed by atoms with Gasteiger partial charge in [-0.1, -0.05) is 6.07 Å². The maximum Gasteiger partial charge on any atom is 0.224 e. The Morgan fingerprint density at radius 3 is 2.73 bits per heavy atom. The molecule has 82 valence electrons. The summed E-state index contributed by atoms with van der Waals surface area (Å²) in [5.41, 5.74) is 5.64. The SMILES string of the molecule is Cc1cccc(NCC(C)(C)C(N)=O)n1. The van der Waals surface area contributed by atoms with Crippen LogP contribution in [0.15, 0.2) is 18.2 Å². The van der Waals surface area contributed by atoms with Gasteiger partial charge >= 0.3 is 0 Å². The number of hydrogen-bond acceptors (Lipinski definition) is 3. The minimum Gasteiger partial charge on any atom is -0.369 e. The van der Waals surface area contributed by atoms with Gasteiger partial charge in [-0.25, -0.2) is 4.98 Å². The second-order valence-corrected chi connectivity index (χ2v) is 4.27. The van der Waals surface area contributed by atoms with Gasteiger partial charge in [-0.05, 0) is 32.9 Å². The zero-order chi connectivity index (χ0) is 11.5. The number of amides is 1. The molecule has 1 aromatic rings. The molecule has 1 amide bonds. The highest BCUT2D eigenvalue weighted by molar-refractivity contribution is 5.80. The number of anilines is 1. The lowest BCUT2D eigenvalue weighted by atomic mass is 9.93. The molecule has 1 aromatic heterocycles. The summed E-state index contributed by atoms with van der Waals surface area (Å²) < 4.78 is 0. The molecule has 4 nitrogen and oxygen atoms in total. The molecule has 4 heteroatoms. The molecule has 1 heterocycles. The first-order valence-corrected chi connectivity index (χ1v) is 4.89. The van der Waals surface area contributed by atoms with Crippen LogP contribution < -0.4 is 11.1 Å². The van der Waals surface area contributed by atoms with Crippen molar-refractivity contribution in [3.8, 4) is 0 Å². The number of rotatable bonds is 4. The van der Waals surface area contributed by atoms with Crippen LogP contribution in [-0.2, 0) is 4.79 Å². The van der Waals surface area contributed by atoms with E-state index in [1.54, 1.807) is 13.8 Å². The molecular formula is C11H17N3O. The first-order chi connectivity index (χ1) is 6.92. The summed E-state index contributed by atoms with van der Waals surface area (Å²) in [4.78, 5) is 15.3. The Hall–Kier alpha value is -1.58. The average molecular weight is 207 g/mol. The van der Waals surface area contributed by atoms with Gasteiger partial charge in [0.05, 0.1) is 5.41 Å². The van der Waals surface area contributed by atoms with Crippen LogP contribution in [0.2, 0.25) is 0 Å². The van der Waals surface area contributed by atoms with Gasteiger partial charge in [0.25, 0.3) is 0 Å². The molecular weight excluding hydrogens is 190 g/mol. The highest BCUT2D eigenvalue weighted by atomic mass is 16.1. The minimum atomic E-state index is -0.564. The highest BCUT2D eigenvalue weighted by Crippen LogP contribution is 2.15. The van der Waals surface area contributed by atoms with Gasteiger partial charge in [-0.15, -0.1) is 0 Å². The zero-order valence-corrected chi connectivity index (χ0v) is 9.37. The van der Waals surface area contributed by atoms with Gasteiger partial charge < -0.3 is 11.1 Å². The maximum atomic E-state index is 11.1. The van der Waals surface area contributed by atoms with Gasteiger partial charge in [0.2, 0.25) is 5.91 Å². The lowest BCUT2D eigenvalue weighted by Gasteiger charge is -2.21. The van der Waals surface area contributed by atoms with Gasteiger partial charge in [0.15, 0.2) is 0 Å². The van der Waals surface area contributed by atoms with Crippen LogP contribution in [0, 0.1) is 12.3 Å². The Labute approximate surface area is 89.9 Å². The van der Waals surface area contributed by atoms with E-state index in [9.17, 15) is 4.79 Å². The lowest BCUT2D eigenvalue weighted by Crippen LogP contribution is -2.37. The Kier molecular flexibility index (Phi) is 3.29. The van der Waals surface area contributed by atoms with E-state index in [1.807, 2.05) is 25.1 Å². The number of aryl methyl sites for hydroxylation is 1. The molecule has 1 rings (SSSR count). The number of carbonyl (C=O) groups is 1. The van der Waals surface area contributed by atoms with Gasteiger partial charge in [-0.2, -0.15) is 0 Å². The monoisotopic (exact) mass is 207 g/mol. The molecule has 0 saturated carbocycles. The molecule has 0 aliphatic carbocycles. The van der Waals surface area contributed by atoms with Crippen molar-refractivity contribution in [3.63, 3.8) is 0 Å².